The molecule has 18 heavy (non-hydrogen) atoms. The Hall–Kier alpha value is -1.70. The summed E-state index contributed by atoms with van der Waals surface area (Å²) in [4.78, 5) is 11.3. The van der Waals surface area contributed by atoms with Crippen LogP contribution in [0, 0.1) is 6.92 Å². The molecular weight excluding hydrogens is 265 g/mol. The van der Waals surface area contributed by atoms with Gasteiger partial charge >= 0.3 is 6.18 Å². The van der Waals surface area contributed by atoms with E-state index < -0.39 is 11.9 Å². The second-order valence-corrected chi connectivity index (χ2v) is 4.54. The molecule has 96 valence electrons. The molecule has 0 spiro atoms. The van der Waals surface area contributed by atoms with Crippen LogP contribution in [0.15, 0.2) is 17.6 Å². The first-order valence-electron chi connectivity index (χ1n) is 5.00. The number of anilines is 1. The molecule has 0 aromatic carbocycles. The van der Waals surface area contributed by atoms with E-state index in [-0.39, 0.29) is 5.95 Å². The highest BCUT2D eigenvalue weighted by Gasteiger charge is 2.32. The Kier molecular flexibility index (Phi) is 3.46. The zero-order valence-corrected chi connectivity index (χ0v) is 10.1. The van der Waals surface area contributed by atoms with Gasteiger partial charge in [0.25, 0.3) is 0 Å². The molecule has 0 atom stereocenters. The molecule has 0 saturated carbocycles. The van der Waals surface area contributed by atoms with Crippen LogP contribution in [0.5, 0.6) is 0 Å². The third-order valence-corrected chi connectivity index (χ3v) is 2.86. The lowest BCUT2D eigenvalue weighted by atomic mass is 10.4. The fourth-order valence-electron chi connectivity index (χ4n) is 1.26. The normalized spacial score (nSPS) is 11.6. The third-order valence-electron chi connectivity index (χ3n) is 2.04. The van der Waals surface area contributed by atoms with E-state index in [2.05, 4.69) is 20.3 Å². The largest absolute Gasteiger partial charge is 0.433 e. The van der Waals surface area contributed by atoms with Crippen molar-refractivity contribution in [3.8, 4) is 0 Å². The van der Waals surface area contributed by atoms with Gasteiger partial charge in [0.05, 0.1) is 17.2 Å². The standard InChI is InChI=1S/C10H9F3N4S/c1-6-16-7(5-18-6)4-15-9-14-3-2-8(17-9)10(11,12)13/h2-3,5H,4H2,1H3,(H,14,15,17). The first-order chi connectivity index (χ1) is 8.45. The van der Waals surface area contributed by atoms with E-state index in [0.29, 0.717) is 6.54 Å². The molecule has 0 unspecified atom stereocenters. The lowest BCUT2D eigenvalue weighted by Gasteiger charge is -2.07. The second-order valence-electron chi connectivity index (χ2n) is 3.47. The SMILES string of the molecule is Cc1nc(CNc2nccc(C(F)(F)F)n2)cs1. The van der Waals surface area contributed by atoms with E-state index >= 15 is 0 Å². The van der Waals surface area contributed by atoms with Crippen LogP contribution >= 0.6 is 11.3 Å². The Morgan fingerprint density at radius 1 is 1.33 bits per heavy atom. The molecule has 0 radical (unpaired) electrons. The molecule has 0 amide bonds. The lowest BCUT2D eigenvalue weighted by molar-refractivity contribution is -0.141. The Bertz CT molecular complexity index is 538. The summed E-state index contributed by atoms with van der Waals surface area (Å²) in [5.74, 6) is -0.0597. The van der Waals surface area contributed by atoms with Gasteiger partial charge in [-0.3, -0.25) is 0 Å². The molecule has 2 aromatic rings. The summed E-state index contributed by atoms with van der Waals surface area (Å²) in [6.45, 7) is 2.15. The summed E-state index contributed by atoms with van der Waals surface area (Å²) >= 11 is 1.48. The van der Waals surface area contributed by atoms with Crippen molar-refractivity contribution in [1.29, 1.82) is 0 Å². The van der Waals surface area contributed by atoms with E-state index in [0.717, 1.165) is 23.0 Å². The maximum absolute atomic E-state index is 12.4. The van der Waals surface area contributed by atoms with Crippen LogP contribution in [0.3, 0.4) is 0 Å². The number of aromatic nitrogens is 3. The summed E-state index contributed by atoms with van der Waals surface area (Å²) < 4.78 is 37.2. The van der Waals surface area contributed by atoms with Gasteiger partial charge < -0.3 is 5.32 Å². The number of hydrogen-bond acceptors (Lipinski definition) is 5. The maximum Gasteiger partial charge on any atom is 0.433 e. The minimum Gasteiger partial charge on any atom is -0.349 e. The van der Waals surface area contributed by atoms with Crippen LogP contribution in [0.1, 0.15) is 16.4 Å². The minimum atomic E-state index is -4.46. The molecule has 0 aliphatic rings. The molecule has 0 fully saturated rings. The quantitative estimate of drug-likeness (QED) is 0.935. The number of alkyl halides is 3. The monoisotopic (exact) mass is 274 g/mol. The zero-order chi connectivity index (χ0) is 13.2. The molecule has 2 heterocycles. The van der Waals surface area contributed by atoms with Crippen molar-refractivity contribution in [2.45, 2.75) is 19.6 Å². The van der Waals surface area contributed by atoms with Crippen LogP contribution < -0.4 is 5.32 Å². The van der Waals surface area contributed by atoms with Crippen LogP contribution in [-0.2, 0) is 12.7 Å². The highest BCUT2D eigenvalue weighted by molar-refractivity contribution is 7.09. The molecule has 1 N–H and O–H groups in total. The van der Waals surface area contributed by atoms with E-state index in [9.17, 15) is 13.2 Å². The van der Waals surface area contributed by atoms with Crippen molar-refractivity contribution in [3.63, 3.8) is 0 Å². The second kappa shape index (κ2) is 4.89. The number of rotatable bonds is 3. The van der Waals surface area contributed by atoms with E-state index in [1.807, 2.05) is 12.3 Å². The summed E-state index contributed by atoms with van der Waals surface area (Å²) in [6, 6.07) is 0.832. The molecule has 2 aromatic heterocycles. The number of nitrogens with one attached hydrogen (secondary N) is 1. The van der Waals surface area contributed by atoms with Crippen LogP contribution in [0.4, 0.5) is 19.1 Å². The molecular formula is C10H9F3N4S. The first kappa shape index (κ1) is 12.7. The summed E-state index contributed by atoms with van der Waals surface area (Å²) in [5.41, 5.74) is -0.215. The van der Waals surface area contributed by atoms with Crippen molar-refractivity contribution in [1.82, 2.24) is 15.0 Å². The van der Waals surface area contributed by atoms with Gasteiger partial charge in [0.1, 0.15) is 5.69 Å². The van der Waals surface area contributed by atoms with Crippen LogP contribution in [0.2, 0.25) is 0 Å². The fourth-order valence-corrected chi connectivity index (χ4v) is 1.87. The van der Waals surface area contributed by atoms with Gasteiger partial charge in [0, 0.05) is 11.6 Å². The van der Waals surface area contributed by atoms with Gasteiger partial charge in [-0.2, -0.15) is 13.2 Å². The van der Waals surface area contributed by atoms with E-state index in [1.54, 1.807) is 0 Å². The van der Waals surface area contributed by atoms with E-state index in [1.165, 1.54) is 11.3 Å². The number of thiazole rings is 1. The van der Waals surface area contributed by atoms with Crippen molar-refractivity contribution in [3.05, 3.63) is 34.0 Å². The summed E-state index contributed by atoms with van der Waals surface area (Å²) in [6.07, 6.45) is -3.39. The molecule has 0 saturated heterocycles. The molecule has 0 aliphatic heterocycles. The predicted octanol–water partition coefficient (Wildman–Crippen LogP) is 2.87. The molecule has 0 bridgehead atoms. The zero-order valence-electron chi connectivity index (χ0n) is 9.32. The number of aryl methyl sites for hydroxylation is 1. The third kappa shape index (κ3) is 3.16. The van der Waals surface area contributed by atoms with Gasteiger partial charge in [0.2, 0.25) is 5.95 Å². The van der Waals surface area contributed by atoms with Crippen molar-refractivity contribution in [2.24, 2.45) is 0 Å². The smallest absolute Gasteiger partial charge is 0.349 e. The Balaban J connectivity index is 2.06. The molecule has 0 aliphatic carbocycles. The molecule has 2 rings (SSSR count). The van der Waals surface area contributed by atoms with Crippen LogP contribution in [0.25, 0.3) is 0 Å². The topological polar surface area (TPSA) is 50.7 Å². The average Bonchev–Trinajstić information content (AvgIpc) is 2.72. The predicted molar refractivity (Wildman–Crippen MR) is 61.2 cm³/mol. The number of halogens is 3. The average molecular weight is 274 g/mol. The Morgan fingerprint density at radius 2 is 2.11 bits per heavy atom. The lowest BCUT2D eigenvalue weighted by Crippen LogP contribution is -2.11. The Labute approximate surface area is 105 Å². The van der Waals surface area contributed by atoms with Gasteiger partial charge in [-0.05, 0) is 13.0 Å². The van der Waals surface area contributed by atoms with E-state index in [4.69, 9.17) is 0 Å². The molecule has 8 heteroatoms. The number of hydrogen-bond donors (Lipinski definition) is 1. The maximum atomic E-state index is 12.4. The van der Waals surface area contributed by atoms with Crippen molar-refractivity contribution < 1.29 is 13.2 Å². The van der Waals surface area contributed by atoms with Gasteiger partial charge in [-0.15, -0.1) is 11.3 Å². The van der Waals surface area contributed by atoms with Gasteiger partial charge in [-0.25, -0.2) is 15.0 Å². The summed E-state index contributed by atoms with van der Waals surface area (Å²) in [5, 5.41) is 5.44. The number of nitrogens with zero attached hydrogens (tertiary/aromatic N) is 3. The highest BCUT2D eigenvalue weighted by atomic mass is 32.1. The minimum absolute atomic E-state index is 0.0597. The fraction of sp³-hybridized carbons (Fsp3) is 0.300. The van der Waals surface area contributed by atoms with Gasteiger partial charge in [-0.1, -0.05) is 0 Å². The Morgan fingerprint density at radius 3 is 2.72 bits per heavy atom. The highest BCUT2D eigenvalue weighted by Crippen LogP contribution is 2.27. The van der Waals surface area contributed by atoms with Crippen molar-refractivity contribution in [2.75, 3.05) is 5.32 Å². The summed E-state index contributed by atoms with van der Waals surface area (Å²) in [7, 11) is 0. The first-order valence-corrected chi connectivity index (χ1v) is 5.88. The van der Waals surface area contributed by atoms with Crippen molar-refractivity contribution >= 4 is 17.3 Å². The molecule has 4 nitrogen and oxygen atoms in total. The van der Waals surface area contributed by atoms with Gasteiger partial charge in [0.15, 0.2) is 0 Å². The van der Waals surface area contributed by atoms with Crippen LogP contribution in [-0.4, -0.2) is 15.0 Å².